The molecule has 0 spiro atoms. The van der Waals surface area contributed by atoms with Gasteiger partial charge in [0.1, 0.15) is 17.8 Å². The zero-order chi connectivity index (χ0) is 24.1. The largest absolute Gasteiger partial charge is 0.497 e. The average Bonchev–Trinajstić information content (AvgIpc) is 2.75. The van der Waals surface area contributed by atoms with E-state index in [9.17, 15) is 19.2 Å². The van der Waals surface area contributed by atoms with Crippen LogP contribution in [0, 0.1) is 5.92 Å². The fourth-order valence-corrected chi connectivity index (χ4v) is 2.98. The predicted octanol–water partition coefficient (Wildman–Crippen LogP) is 1.77. The highest BCUT2D eigenvalue weighted by Crippen LogP contribution is 2.13. The van der Waals surface area contributed by atoms with Gasteiger partial charge >= 0.3 is 11.9 Å². The Morgan fingerprint density at radius 2 is 1.69 bits per heavy atom. The van der Waals surface area contributed by atoms with Crippen molar-refractivity contribution in [1.82, 2.24) is 10.6 Å². The maximum Gasteiger partial charge on any atom is 0.328 e. The molecule has 2 amide bonds. The molecule has 0 fully saturated rings. The van der Waals surface area contributed by atoms with Gasteiger partial charge in [-0.3, -0.25) is 14.4 Å². The number of benzene rings is 1. The summed E-state index contributed by atoms with van der Waals surface area (Å²) >= 11 is 0. The van der Waals surface area contributed by atoms with Gasteiger partial charge in [-0.05, 0) is 43.9 Å². The van der Waals surface area contributed by atoms with Crippen LogP contribution in [0.5, 0.6) is 5.75 Å². The third-order valence-corrected chi connectivity index (χ3v) is 4.59. The van der Waals surface area contributed by atoms with E-state index in [1.165, 1.54) is 0 Å². The van der Waals surface area contributed by atoms with Crippen molar-refractivity contribution in [3.63, 3.8) is 0 Å². The third kappa shape index (κ3) is 9.36. The third-order valence-electron chi connectivity index (χ3n) is 4.59. The van der Waals surface area contributed by atoms with E-state index in [1.54, 1.807) is 59.1 Å². The number of ether oxygens (including phenoxy) is 3. The molecule has 0 heterocycles. The van der Waals surface area contributed by atoms with Crippen molar-refractivity contribution in [3.8, 4) is 5.75 Å². The van der Waals surface area contributed by atoms with Gasteiger partial charge in [0.15, 0.2) is 0 Å². The lowest BCUT2D eigenvalue weighted by atomic mass is 10.0. The van der Waals surface area contributed by atoms with Gasteiger partial charge in [0.2, 0.25) is 11.8 Å². The summed E-state index contributed by atoms with van der Waals surface area (Å²) < 4.78 is 15.1. The Morgan fingerprint density at radius 1 is 1.00 bits per heavy atom. The highest BCUT2D eigenvalue weighted by Gasteiger charge is 2.30. The molecule has 0 saturated carbocycles. The van der Waals surface area contributed by atoms with Crippen LogP contribution in [0.1, 0.15) is 46.1 Å². The van der Waals surface area contributed by atoms with Gasteiger partial charge in [-0.15, -0.1) is 0 Å². The summed E-state index contributed by atoms with van der Waals surface area (Å²) in [5.41, 5.74) is 0.739. The summed E-state index contributed by atoms with van der Waals surface area (Å²) in [5, 5.41) is 5.34. The van der Waals surface area contributed by atoms with Crippen molar-refractivity contribution in [2.75, 3.05) is 20.3 Å². The number of methoxy groups -OCH3 is 1. The minimum atomic E-state index is -1.02. The first kappa shape index (κ1) is 26.9. The SMILES string of the molecule is CCOC(=O)CC[C@@H](NC(=O)[C@@H](NC(=O)Cc1cccc(OC)c1)C(C)C)C(=O)OCC. The van der Waals surface area contributed by atoms with Gasteiger partial charge in [-0.1, -0.05) is 26.0 Å². The van der Waals surface area contributed by atoms with Crippen molar-refractivity contribution < 1.29 is 33.4 Å². The molecule has 0 bridgehead atoms. The van der Waals surface area contributed by atoms with Crippen LogP contribution < -0.4 is 15.4 Å². The van der Waals surface area contributed by atoms with E-state index in [0.29, 0.717) is 5.75 Å². The monoisotopic (exact) mass is 450 g/mol. The minimum Gasteiger partial charge on any atom is -0.497 e. The van der Waals surface area contributed by atoms with Crippen molar-refractivity contribution in [2.24, 2.45) is 5.92 Å². The molecule has 0 aliphatic rings. The zero-order valence-electron chi connectivity index (χ0n) is 19.4. The fraction of sp³-hybridized carbons (Fsp3) is 0.565. The molecular formula is C23H34N2O7. The predicted molar refractivity (Wildman–Crippen MR) is 118 cm³/mol. The van der Waals surface area contributed by atoms with E-state index in [1.807, 2.05) is 0 Å². The van der Waals surface area contributed by atoms with Crippen molar-refractivity contribution in [3.05, 3.63) is 29.8 Å². The summed E-state index contributed by atoms with van der Waals surface area (Å²) in [7, 11) is 1.54. The lowest BCUT2D eigenvalue weighted by Gasteiger charge is -2.25. The summed E-state index contributed by atoms with van der Waals surface area (Å²) in [6.45, 7) is 7.27. The molecule has 0 aromatic heterocycles. The average molecular weight is 451 g/mol. The van der Waals surface area contributed by atoms with E-state index in [0.717, 1.165) is 5.56 Å². The van der Waals surface area contributed by atoms with Gasteiger partial charge in [0.05, 0.1) is 26.7 Å². The molecule has 1 rings (SSSR count). The number of nitrogens with one attached hydrogen (secondary N) is 2. The van der Waals surface area contributed by atoms with Crippen LogP contribution >= 0.6 is 0 Å². The number of carbonyl (C=O) groups is 4. The van der Waals surface area contributed by atoms with Gasteiger partial charge < -0.3 is 24.8 Å². The van der Waals surface area contributed by atoms with Gasteiger partial charge in [-0.25, -0.2) is 4.79 Å². The lowest BCUT2D eigenvalue weighted by molar-refractivity contribution is -0.149. The van der Waals surface area contributed by atoms with Crippen LogP contribution in [-0.4, -0.2) is 56.2 Å². The second-order valence-electron chi connectivity index (χ2n) is 7.47. The number of amides is 2. The maximum atomic E-state index is 12.9. The molecule has 0 radical (unpaired) electrons. The highest BCUT2D eigenvalue weighted by molar-refractivity contribution is 5.91. The Balaban J connectivity index is 2.82. The van der Waals surface area contributed by atoms with E-state index < -0.39 is 29.9 Å². The van der Waals surface area contributed by atoms with E-state index >= 15 is 0 Å². The molecule has 9 nitrogen and oxygen atoms in total. The fourth-order valence-electron chi connectivity index (χ4n) is 2.98. The number of rotatable bonds is 13. The van der Waals surface area contributed by atoms with Gasteiger partial charge in [0, 0.05) is 6.42 Å². The Morgan fingerprint density at radius 3 is 2.28 bits per heavy atom. The summed E-state index contributed by atoms with van der Waals surface area (Å²) in [6.07, 6.45) is 0.0516. The molecule has 178 valence electrons. The summed E-state index contributed by atoms with van der Waals surface area (Å²) in [5.74, 6) is -1.59. The second kappa shape index (κ2) is 14.1. The smallest absolute Gasteiger partial charge is 0.328 e. The Labute approximate surface area is 189 Å². The highest BCUT2D eigenvalue weighted by atomic mass is 16.5. The topological polar surface area (TPSA) is 120 Å². The number of hydrogen-bond donors (Lipinski definition) is 2. The molecule has 1 aromatic rings. The van der Waals surface area contributed by atoms with Crippen LogP contribution in [0.2, 0.25) is 0 Å². The molecule has 0 aliphatic heterocycles. The van der Waals surface area contributed by atoms with E-state index in [2.05, 4.69) is 10.6 Å². The summed E-state index contributed by atoms with van der Waals surface area (Å²) in [4.78, 5) is 49.4. The first-order valence-corrected chi connectivity index (χ1v) is 10.8. The first-order valence-electron chi connectivity index (χ1n) is 10.8. The molecule has 1 aromatic carbocycles. The quantitative estimate of drug-likeness (QED) is 0.440. The van der Waals surface area contributed by atoms with Gasteiger partial charge in [0.25, 0.3) is 0 Å². The zero-order valence-corrected chi connectivity index (χ0v) is 19.4. The van der Waals surface area contributed by atoms with E-state index in [-0.39, 0.29) is 44.3 Å². The van der Waals surface area contributed by atoms with Crippen LogP contribution in [0.25, 0.3) is 0 Å². The van der Waals surface area contributed by atoms with Crippen LogP contribution in [-0.2, 0) is 35.1 Å². The van der Waals surface area contributed by atoms with Crippen molar-refractivity contribution in [1.29, 1.82) is 0 Å². The molecule has 32 heavy (non-hydrogen) atoms. The van der Waals surface area contributed by atoms with Crippen molar-refractivity contribution >= 4 is 23.8 Å². The first-order chi connectivity index (χ1) is 15.2. The Hall–Kier alpha value is -3.10. The molecule has 0 aliphatic carbocycles. The van der Waals surface area contributed by atoms with Crippen molar-refractivity contribution in [2.45, 2.75) is 59.0 Å². The molecule has 0 saturated heterocycles. The normalized spacial score (nSPS) is 12.4. The number of esters is 2. The maximum absolute atomic E-state index is 12.9. The lowest BCUT2D eigenvalue weighted by Crippen LogP contribution is -2.54. The number of carbonyl (C=O) groups excluding carboxylic acids is 4. The minimum absolute atomic E-state index is 0.0337. The van der Waals surface area contributed by atoms with Crippen LogP contribution in [0.3, 0.4) is 0 Å². The Bertz CT molecular complexity index is 779. The van der Waals surface area contributed by atoms with Gasteiger partial charge in [-0.2, -0.15) is 0 Å². The standard InChI is InChI=1S/C23H34N2O7/c1-6-31-20(27)12-11-18(23(29)32-7-2)24-22(28)21(15(3)4)25-19(26)14-16-9-8-10-17(13-16)30-5/h8-10,13,15,18,21H,6-7,11-12,14H2,1-5H3,(H,24,28)(H,25,26)/t18-,21+/m1/s1. The molecule has 2 N–H and O–H groups in total. The molecular weight excluding hydrogens is 416 g/mol. The second-order valence-corrected chi connectivity index (χ2v) is 7.47. The number of hydrogen-bond acceptors (Lipinski definition) is 7. The Kier molecular flexibility index (Phi) is 11.8. The molecule has 0 unspecified atom stereocenters. The molecule has 9 heteroatoms. The summed E-state index contributed by atoms with van der Waals surface area (Å²) in [6, 6.07) is 5.20. The van der Waals surface area contributed by atoms with Crippen LogP contribution in [0.15, 0.2) is 24.3 Å². The molecule has 2 atom stereocenters. The van der Waals surface area contributed by atoms with Crippen LogP contribution in [0.4, 0.5) is 0 Å². The van der Waals surface area contributed by atoms with E-state index in [4.69, 9.17) is 14.2 Å².